The third-order valence-electron chi connectivity index (χ3n) is 3.69. The minimum Gasteiger partial charge on any atom is -0.491 e. The lowest BCUT2D eigenvalue weighted by atomic mass is 10.1. The van der Waals surface area contributed by atoms with Crippen molar-refractivity contribution in [2.45, 2.75) is 12.8 Å². The number of halogens is 1. The number of fused-ring (bicyclic) bond motifs is 1. The van der Waals surface area contributed by atoms with Crippen molar-refractivity contribution in [3.8, 4) is 5.75 Å². The molecule has 0 radical (unpaired) electrons. The lowest BCUT2D eigenvalue weighted by Gasteiger charge is -2.26. The SMILES string of the molecule is NCCc1cc(Br)ccc1N1CCCOc2ccccc21. The Kier molecular flexibility index (Phi) is 4.46. The summed E-state index contributed by atoms with van der Waals surface area (Å²) in [5, 5.41) is 0. The molecule has 1 aliphatic rings. The fraction of sp³-hybridized carbons (Fsp3) is 0.294. The molecular weight excluding hydrogens is 328 g/mol. The first-order chi connectivity index (χ1) is 10.3. The second kappa shape index (κ2) is 6.50. The molecule has 0 atom stereocenters. The summed E-state index contributed by atoms with van der Waals surface area (Å²) in [6, 6.07) is 14.6. The van der Waals surface area contributed by atoms with E-state index in [0.29, 0.717) is 6.54 Å². The molecule has 110 valence electrons. The van der Waals surface area contributed by atoms with Gasteiger partial charge in [-0.15, -0.1) is 0 Å². The van der Waals surface area contributed by atoms with Crippen molar-refractivity contribution in [1.29, 1.82) is 0 Å². The lowest BCUT2D eigenvalue weighted by Crippen LogP contribution is -2.20. The summed E-state index contributed by atoms with van der Waals surface area (Å²) in [5.74, 6) is 0.955. The van der Waals surface area contributed by atoms with Crippen molar-refractivity contribution < 1.29 is 4.74 Å². The van der Waals surface area contributed by atoms with Crippen LogP contribution in [0.5, 0.6) is 5.75 Å². The third-order valence-corrected chi connectivity index (χ3v) is 4.18. The van der Waals surface area contributed by atoms with E-state index in [1.54, 1.807) is 0 Å². The van der Waals surface area contributed by atoms with Crippen molar-refractivity contribution >= 4 is 27.3 Å². The number of hydrogen-bond acceptors (Lipinski definition) is 3. The fourth-order valence-electron chi connectivity index (χ4n) is 2.75. The van der Waals surface area contributed by atoms with E-state index in [1.807, 2.05) is 12.1 Å². The molecule has 0 saturated carbocycles. The van der Waals surface area contributed by atoms with Gasteiger partial charge in [0.25, 0.3) is 0 Å². The second-order valence-corrected chi connectivity index (χ2v) is 6.05. The van der Waals surface area contributed by atoms with Gasteiger partial charge in [-0.05, 0) is 55.3 Å². The summed E-state index contributed by atoms with van der Waals surface area (Å²) < 4.78 is 6.94. The Morgan fingerprint density at radius 3 is 2.86 bits per heavy atom. The maximum absolute atomic E-state index is 5.85. The van der Waals surface area contributed by atoms with Crippen molar-refractivity contribution in [2.75, 3.05) is 24.6 Å². The second-order valence-electron chi connectivity index (χ2n) is 5.13. The quantitative estimate of drug-likeness (QED) is 0.916. The summed E-state index contributed by atoms with van der Waals surface area (Å²) in [4.78, 5) is 2.35. The zero-order valence-corrected chi connectivity index (χ0v) is 13.5. The van der Waals surface area contributed by atoms with Gasteiger partial charge in [0, 0.05) is 16.7 Å². The van der Waals surface area contributed by atoms with Crippen LogP contribution in [0.25, 0.3) is 0 Å². The zero-order chi connectivity index (χ0) is 14.7. The first kappa shape index (κ1) is 14.4. The van der Waals surface area contributed by atoms with Crippen LogP contribution in [-0.4, -0.2) is 19.7 Å². The summed E-state index contributed by atoms with van der Waals surface area (Å²) in [7, 11) is 0. The molecule has 0 aromatic heterocycles. The molecule has 3 nitrogen and oxygen atoms in total. The Balaban J connectivity index is 2.07. The summed E-state index contributed by atoms with van der Waals surface area (Å²) in [5.41, 5.74) is 9.40. The predicted molar refractivity (Wildman–Crippen MR) is 90.5 cm³/mol. The third kappa shape index (κ3) is 3.06. The van der Waals surface area contributed by atoms with Crippen LogP contribution in [0.4, 0.5) is 11.4 Å². The molecule has 2 aromatic carbocycles. The number of para-hydroxylation sites is 2. The lowest BCUT2D eigenvalue weighted by molar-refractivity contribution is 0.322. The van der Waals surface area contributed by atoms with E-state index in [1.165, 1.54) is 11.3 Å². The van der Waals surface area contributed by atoms with E-state index in [-0.39, 0.29) is 0 Å². The highest BCUT2D eigenvalue weighted by atomic mass is 79.9. The topological polar surface area (TPSA) is 38.5 Å². The fourth-order valence-corrected chi connectivity index (χ4v) is 3.16. The highest BCUT2D eigenvalue weighted by molar-refractivity contribution is 9.10. The van der Waals surface area contributed by atoms with Gasteiger partial charge in [-0.25, -0.2) is 0 Å². The van der Waals surface area contributed by atoms with Crippen LogP contribution in [0.1, 0.15) is 12.0 Å². The molecule has 1 aliphatic heterocycles. The van der Waals surface area contributed by atoms with Crippen LogP contribution in [0.3, 0.4) is 0 Å². The molecular formula is C17H19BrN2O. The monoisotopic (exact) mass is 346 g/mol. The van der Waals surface area contributed by atoms with E-state index in [4.69, 9.17) is 10.5 Å². The Bertz CT molecular complexity index is 630. The van der Waals surface area contributed by atoms with E-state index >= 15 is 0 Å². The Labute approximate surface area is 133 Å². The minimum absolute atomic E-state index is 0.648. The number of hydrogen-bond donors (Lipinski definition) is 1. The van der Waals surface area contributed by atoms with Gasteiger partial charge in [0.2, 0.25) is 0 Å². The normalized spacial score (nSPS) is 14.3. The highest BCUT2D eigenvalue weighted by Crippen LogP contribution is 2.38. The first-order valence-electron chi connectivity index (χ1n) is 7.27. The maximum atomic E-state index is 5.85. The summed E-state index contributed by atoms with van der Waals surface area (Å²) in [6.07, 6.45) is 1.88. The molecule has 2 aromatic rings. The molecule has 0 spiro atoms. The van der Waals surface area contributed by atoms with Crippen LogP contribution < -0.4 is 15.4 Å². The minimum atomic E-state index is 0.648. The van der Waals surface area contributed by atoms with Crippen molar-refractivity contribution in [1.82, 2.24) is 0 Å². The predicted octanol–water partition coefficient (Wildman–Crippen LogP) is 3.87. The zero-order valence-electron chi connectivity index (χ0n) is 11.9. The smallest absolute Gasteiger partial charge is 0.142 e. The average molecular weight is 347 g/mol. The van der Waals surface area contributed by atoms with Gasteiger partial charge in [0.15, 0.2) is 0 Å². The number of nitrogens with two attached hydrogens (primary N) is 1. The number of rotatable bonds is 3. The molecule has 0 amide bonds. The van der Waals surface area contributed by atoms with Crippen LogP contribution in [0.15, 0.2) is 46.9 Å². The molecule has 0 saturated heterocycles. The number of anilines is 2. The Morgan fingerprint density at radius 2 is 2.00 bits per heavy atom. The number of benzene rings is 2. The molecule has 0 unspecified atom stereocenters. The van der Waals surface area contributed by atoms with E-state index < -0.39 is 0 Å². The molecule has 0 bridgehead atoms. The first-order valence-corrected chi connectivity index (χ1v) is 8.07. The van der Waals surface area contributed by atoms with Gasteiger partial charge in [0.05, 0.1) is 12.3 Å². The van der Waals surface area contributed by atoms with Crippen LogP contribution in [-0.2, 0) is 6.42 Å². The van der Waals surface area contributed by atoms with Gasteiger partial charge in [-0.1, -0.05) is 28.1 Å². The maximum Gasteiger partial charge on any atom is 0.142 e. The molecule has 0 fully saturated rings. The number of nitrogens with zero attached hydrogens (tertiary/aromatic N) is 1. The number of ether oxygens (including phenoxy) is 1. The highest BCUT2D eigenvalue weighted by Gasteiger charge is 2.19. The standard InChI is InChI=1S/C17H19BrN2O/c18-14-6-7-15(13(12-14)8-9-19)20-10-3-11-21-17-5-2-1-4-16(17)20/h1-2,4-7,12H,3,8-11,19H2. The largest absolute Gasteiger partial charge is 0.491 e. The van der Waals surface area contributed by atoms with E-state index in [2.05, 4.69) is 51.2 Å². The molecule has 2 N–H and O–H groups in total. The van der Waals surface area contributed by atoms with Gasteiger partial charge < -0.3 is 15.4 Å². The van der Waals surface area contributed by atoms with Crippen molar-refractivity contribution in [2.24, 2.45) is 5.73 Å². The van der Waals surface area contributed by atoms with Gasteiger partial charge in [0.1, 0.15) is 5.75 Å². The van der Waals surface area contributed by atoms with Gasteiger partial charge in [-0.3, -0.25) is 0 Å². The molecule has 0 aliphatic carbocycles. The Morgan fingerprint density at radius 1 is 1.14 bits per heavy atom. The summed E-state index contributed by atoms with van der Waals surface area (Å²) in [6.45, 7) is 2.36. The molecule has 3 rings (SSSR count). The van der Waals surface area contributed by atoms with Crippen molar-refractivity contribution in [3.05, 3.63) is 52.5 Å². The van der Waals surface area contributed by atoms with Crippen LogP contribution in [0, 0.1) is 0 Å². The van der Waals surface area contributed by atoms with Gasteiger partial charge >= 0.3 is 0 Å². The molecule has 1 heterocycles. The van der Waals surface area contributed by atoms with Crippen LogP contribution in [0.2, 0.25) is 0 Å². The summed E-state index contributed by atoms with van der Waals surface area (Å²) >= 11 is 3.55. The van der Waals surface area contributed by atoms with E-state index in [9.17, 15) is 0 Å². The molecule has 21 heavy (non-hydrogen) atoms. The molecule has 4 heteroatoms. The Hall–Kier alpha value is -1.52. The van der Waals surface area contributed by atoms with Crippen molar-refractivity contribution in [3.63, 3.8) is 0 Å². The average Bonchev–Trinajstić information content (AvgIpc) is 2.70. The van der Waals surface area contributed by atoms with Crippen LogP contribution >= 0.6 is 15.9 Å². The van der Waals surface area contributed by atoms with E-state index in [0.717, 1.165) is 41.9 Å². The van der Waals surface area contributed by atoms with Gasteiger partial charge in [-0.2, -0.15) is 0 Å².